The third kappa shape index (κ3) is 5.71. The molecular formula is C34H33F2N5O2. The smallest absolute Gasteiger partial charge is 0.410 e. The molecule has 1 saturated heterocycles. The van der Waals surface area contributed by atoms with Crippen LogP contribution >= 0.6 is 0 Å². The number of amides is 1. The van der Waals surface area contributed by atoms with Crippen LogP contribution in [0.2, 0.25) is 0 Å². The number of pyridine rings is 2. The number of aromatic nitrogens is 4. The molecule has 0 saturated carbocycles. The molecule has 1 amide bonds. The first-order valence-corrected chi connectivity index (χ1v) is 14.4. The topological polar surface area (TPSA) is 73.1 Å². The summed E-state index contributed by atoms with van der Waals surface area (Å²) in [5.41, 5.74) is 5.68. The Bertz CT molecular complexity index is 1770. The molecule has 1 aliphatic heterocycles. The average Bonchev–Trinajstić information content (AvgIpc) is 3.32. The van der Waals surface area contributed by atoms with Crippen molar-refractivity contribution in [3.8, 4) is 33.5 Å². The summed E-state index contributed by atoms with van der Waals surface area (Å²) in [5, 5.41) is 5.88. The minimum Gasteiger partial charge on any atom is -0.444 e. The van der Waals surface area contributed by atoms with Crippen molar-refractivity contribution in [3.05, 3.63) is 90.4 Å². The van der Waals surface area contributed by atoms with Crippen LogP contribution < -0.4 is 0 Å². The van der Waals surface area contributed by atoms with Gasteiger partial charge >= 0.3 is 6.09 Å². The number of rotatable bonds is 4. The molecule has 0 unspecified atom stereocenters. The summed E-state index contributed by atoms with van der Waals surface area (Å²) in [7, 11) is 0. The highest BCUT2D eigenvalue weighted by molar-refractivity contribution is 6.07. The maximum absolute atomic E-state index is 14.1. The number of aryl methyl sites for hydroxylation is 1. The maximum Gasteiger partial charge on any atom is 0.410 e. The number of hydrogen-bond acceptors (Lipinski definition) is 5. The fourth-order valence-corrected chi connectivity index (χ4v) is 5.78. The Kier molecular flexibility index (Phi) is 7.42. The monoisotopic (exact) mass is 581 g/mol. The molecule has 0 radical (unpaired) electrons. The molecule has 7 nitrogen and oxygen atoms in total. The van der Waals surface area contributed by atoms with E-state index < -0.39 is 5.60 Å². The van der Waals surface area contributed by atoms with Crippen LogP contribution in [0.1, 0.15) is 45.3 Å². The Balaban J connectivity index is 1.52. The van der Waals surface area contributed by atoms with E-state index in [4.69, 9.17) is 14.8 Å². The zero-order valence-electron chi connectivity index (χ0n) is 24.6. The molecule has 220 valence electrons. The van der Waals surface area contributed by atoms with Gasteiger partial charge in [0.15, 0.2) is 5.65 Å². The first-order valence-electron chi connectivity index (χ1n) is 14.4. The summed E-state index contributed by atoms with van der Waals surface area (Å²) in [5.74, 6) is -0.672. The van der Waals surface area contributed by atoms with Gasteiger partial charge in [-0.25, -0.2) is 18.6 Å². The van der Waals surface area contributed by atoms with Gasteiger partial charge < -0.3 is 9.64 Å². The molecular weight excluding hydrogens is 548 g/mol. The van der Waals surface area contributed by atoms with Crippen molar-refractivity contribution in [1.29, 1.82) is 0 Å². The molecule has 0 atom stereocenters. The number of halogens is 2. The van der Waals surface area contributed by atoms with E-state index in [1.807, 2.05) is 44.5 Å². The number of carbonyl (C=O) groups is 1. The lowest BCUT2D eigenvalue weighted by molar-refractivity contribution is 0.0184. The molecule has 9 heteroatoms. The van der Waals surface area contributed by atoms with E-state index in [0.717, 1.165) is 38.9 Å². The lowest BCUT2D eigenvalue weighted by Gasteiger charge is -2.33. The van der Waals surface area contributed by atoms with Crippen LogP contribution in [0.5, 0.6) is 0 Å². The first kappa shape index (κ1) is 28.5. The van der Waals surface area contributed by atoms with Crippen molar-refractivity contribution < 1.29 is 18.3 Å². The molecule has 2 aromatic carbocycles. The van der Waals surface area contributed by atoms with Crippen molar-refractivity contribution in [3.63, 3.8) is 0 Å². The van der Waals surface area contributed by atoms with Crippen LogP contribution in [0, 0.1) is 18.6 Å². The predicted molar refractivity (Wildman–Crippen MR) is 162 cm³/mol. The Labute approximate surface area is 249 Å². The highest BCUT2D eigenvalue weighted by Crippen LogP contribution is 2.44. The number of fused-ring (bicyclic) bond motifs is 1. The highest BCUT2D eigenvalue weighted by Gasteiger charge is 2.30. The molecule has 0 aliphatic carbocycles. The Hall–Kier alpha value is -4.66. The van der Waals surface area contributed by atoms with E-state index >= 15 is 0 Å². The number of likely N-dealkylation sites (tertiary alicyclic amines) is 1. The van der Waals surface area contributed by atoms with Gasteiger partial charge in [0.05, 0.1) is 17.1 Å². The summed E-state index contributed by atoms with van der Waals surface area (Å²) in [6.07, 6.45) is 4.55. The van der Waals surface area contributed by atoms with Gasteiger partial charge in [-0.05, 0) is 100 Å². The largest absolute Gasteiger partial charge is 0.444 e. The van der Waals surface area contributed by atoms with Gasteiger partial charge in [0.2, 0.25) is 0 Å². The van der Waals surface area contributed by atoms with Crippen molar-refractivity contribution >= 4 is 17.1 Å². The zero-order valence-corrected chi connectivity index (χ0v) is 24.6. The fourth-order valence-electron chi connectivity index (χ4n) is 5.78. The lowest BCUT2D eigenvalue weighted by Crippen LogP contribution is -2.42. The summed E-state index contributed by atoms with van der Waals surface area (Å²) < 4.78 is 35.7. The highest BCUT2D eigenvalue weighted by atomic mass is 19.1. The fraction of sp³-hybridized carbons (Fsp3) is 0.294. The number of carbonyl (C=O) groups excluding carboxylic acids is 1. The van der Waals surface area contributed by atoms with Crippen LogP contribution in [0.3, 0.4) is 0 Å². The SMILES string of the molecule is Cc1c2c(-c3ccc(F)cc3)c(-c3ccncc3)c(-c3ccc(F)cc3)nc2nn1C1CCN(C(=O)OC(C)(C)C)CC1. The lowest BCUT2D eigenvalue weighted by atomic mass is 9.89. The van der Waals surface area contributed by atoms with Crippen LogP contribution in [0.15, 0.2) is 73.1 Å². The predicted octanol–water partition coefficient (Wildman–Crippen LogP) is 7.99. The number of ether oxygens (including phenoxy) is 1. The van der Waals surface area contributed by atoms with Gasteiger partial charge in [0.25, 0.3) is 0 Å². The van der Waals surface area contributed by atoms with Gasteiger partial charge in [0.1, 0.15) is 17.2 Å². The summed E-state index contributed by atoms with van der Waals surface area (Å²) in [4.78, 5) is 23.7. The van der Waals surface area contributed by atoms with Crippen LogP contribution in [0.4, 0.5) is 13.6 Å². The zero-order chi connectivity index (χ0) is 30.3. The van der Waals surface area contributed by atoms with E-state index in [-0.39, 0.29) is 23.8 Å². The molecule has 0 bridgehead atoms. The van der Waals surface area contributed by atoms with Gasteiger partial charge in [0, 0.05) is 47.9 Å². The summed E-state index contributed by atoms with van der Waals surface area (Å²) in [6.45, 7) is 8.72. The molecule has 5 aromatic rings. The van der Waals surface area contributed by atoms with E-state index in [9.17, 15) is 13.6 Å². The molecule has 3 aromatic heterocycles. The molecule has 0 spiro atoms. The van der Waals surface area contributed by atoms with E-state index in [1.165, 1.54) is 24.3 Å². The number of nitrogens with zero attached hydrogens (tertiary/aromatic N) is 5. The van der Waals surface area contributed by atoms with Crippen LogP contribution in [-0.2, 0) is 4.74 Å². The average molecular weight is 582 g/mol. The Morgan fingerprint density at radius 3 is 1.98 bits per heavy atom. The van der Waals surface area contributed by atoms with Crippen molar-refractivity contribution in [1.82, 2.24) is 24.6 Å². The standard InChI is InChI=1S/C34H33F2N5O2/c1-21-28-29(22-5-9-25(35)10-6-22)30(23-13-17-37-18-14-23)31(24-7-11-26(36)12-8-24)38-32(28)39-41(21)27-15-19-40(20-16-27)33(42)43-34(2,3)4/h5-14,17-18,27H,15-16,19-20H2,1-4H3. The van der Waals surface area contributed by atoms with Crippen molar-refractivity contribution in [2.24, 2.45) is 0 Å². The third-order valence-electron chi connectivity index (χ3n) is 7.77. The number of piperidine rings is 1. The van der Waals surface area contributed by atoms with Gasteiger partial charge in [-0.2, -0.15) is 5.10 Å². The molecule has 4 heterocycles. The first-order chi connectivity index (χ1) is 20.6. The number of benzene rings is 2. The maximum atomic E-state index is 14.1. The quantitative estimate of drug-likeness (QED) is 0.215. The second-order valence-electron chi connectivity index (χ2n) is 11.9. The second kappa shape index (κ2) is 11.2. The Morgan fingerprint density at radius 2 is 1.40 bits per heavy atom. The van der Waals surface area contributed by atoms with Crippen molar-refractivity contribution in [2.75, 3.05) is 13.1 Å². The number of hydrogen-bond donors (Lipinski definition) is 0. The van der Waals surface area contributed by atoms with Crippen LogP contribution in [-0.4, -0.2) is 49.4 Å². The molecule has 43 heavy (non-hydrogen) atoms. The van der Waals surface area contributed by atoms with Crippen LogP contribution in [0.25, 0.3) is 44.5 Å². The van der Waals surface area contributed by atoms with Gasteiger partial charge in [-0.1, -0.05) is 12.1 Å². The Morgan fingerprint density at radius 1 is 0.837 bits per heavy atom. The van der Waals surface area contributed by atoms with E-state index in [1.54, 1.807) is 41.6 Å². The van der Waals surface area contributed by atoms with Gasteiger partial charge in [-0.3, -0.25) is 9.67 Å². The molecule has 1 aliphatic rings. The van der Waals surface area contributed by atoms with Crippen molar-refractivity contribution in [2.45, 2.75) is 52.2 Å². The molecule has 0 N–H and O–H groups in total. The minimum atomic E-state index is -0.554. The van der Waals surface area contributed by atoms with Gasteiger partial charge in [-0.15, -0.1) is 0 Å². The minimum absolute atomic E-state index is 0.0487. The van der Waals surface area contributed by atoms with E-state index in [2.05, 4.69) is 4.98 Å². The molecule has 6 rings (SSSR count). The summed E-state index contributed by atoms with van der Waals surface area (Å²) in [6, 6.07) is 16.5. The molecule has 1 fully saturated rings. The third-order valence-corrected chi connectivity index (χ3v) is 7.77. The van der Waals surface area contributed by atoms with E-state index in [0.29, 0.717) is 37.3 Å². The normalized spacial score (nSPS) is 14.3. The summed E-state index contributed by atoms with van der Waals surface area (Å²) >= 11 is 0. The second-order valence-corrected chi connectivity index (χ2v) is 11.9.